The second-order valence-corrected chi connectivity index (χ2v) is 3.15. The third-order valence-corrected chi connectivity index (χ3v) is 2.17. The Balaban J connectivity index is 5.31. The van der Waals surface area contributed by atoms with Crippen molar-refractivity contribution in [3.63, 3.8) is 0 Å². The van der Waals surface area contributed by atoms with Gasteiger partial charge in [-0.25, -0.2) is 4.79 Å². The van der Waals surface area contributed by atoms with E-state index in [0.29, 0.717) is 0 Å². The van der Waals surface area contributed by atoms with Gasteiger partial charge in [-0.1, -0.05) is 24.8 Å². The standard InChI is InChI=1S/C12H18O5/c1-5-7-9(8(6-2)11(14)15)10(13)12(16-3)17-4/h5-7,10,12-13H,1H2,2-4H3,(H,14,15)/b8-6+,9-7+. The lowest BCUT2D eigenvalue weighted by Crippen LogP contribution is -2.33. The molecule has 0 aliphatic rings. The number of aliphatic carboxylic acids is 1. The third kappa shape index (κ3) is 4.14. The summed E-state index contributed by atoms with van der Waals surface area (Å²) in [5.41, 5.74) is 0.167. The van der Waals surface area contributed by atoms with Crippen LogP contribution in [0.5, 0.6) is 0 Å². The van der Waals surface area contributed by atoms with Crippen molar-refractivity contribution >= 4 is 5.97 Å². The highest BCUT2D eigenvalue weighted by atomic mass is 16.7. The molecule has 2 N–H and O–H groups in total. The summed E-state index contributed by atoms with van der Waals surface area (Å²) in [6, 6.07) is 0. The number of methoxy groups -OCH3 is 2. The van der Waals surface area contributed by atoms with E-state index < -0.39 is 18.4 Å². The van der Waals surface area contributed by atoms with Gasteiger partial charge >= 0.3 is 5.97 Å². The molecule has 0 saturated carbocycles. The molecule has 0 radical (unpaired) electrons. The summed E-state index contributed by atoms with van der Waals surface area (Å²) in [7, 11) is 2.72. The van der Waals surface area contributed by atoms with Crippen LogP contribution in [0, 0.1) is 0 Å². The fourth-order valence-corrected chi connectivity index (χ4v) is 1.39. The molecule has 0 heterocycles. The lowest BCUT2D eigenvalue weighted by atomic mass is 9.99. The molecule has 1 atom stereocenters. The van der Waals surface area contributed by atoms with Gasteiger partial charge < -0.3 is 19.7 Å². The van der Waals surface area contributed by atoms with Gasteiger partial charge in [0.2, 0.25) is 0 Å². The highest BCUT2D eigenvalue weighted by Gasteiger charge is 2.26. The monoisotopic (exact) mass is 242 g/mol. The van der Waals surface area contributed by atoms with Crippen LogP contribution in [0.15, 0.2) is 36.0 Å². The fraction of sp³-hybridized carbons (Fsp3) is 0.417. The Labute approximate surface area is 101 Å². The first-order chi connectivity index (χ1) is 8.03. The Kier molecular flexibility index (Phi) is 7.13. The number of allylic oxidation sites excluding steroid dienone is 3. The quantitative estimate of drug-likeness (QED) is 0.397. The molecule has 5 heteroatoms. The van der Waals surface area contributed by atoms with Crippen LogP contribution in [0.25, 0.3) is 0 Å². The summed E-state index contributed by atoms with van der Waals surface area (Å²) < 4.78 is 9.79. The van der Waals surface area contributed by atoms with Crippen molar-refractivity contribution in [3.05, 3.63) is 36.0 Å². The number of aliphatic hydroxyl groups excluding tert-OH is 1. The number of aliphatic hydroxyl groups is 1. The Morgan fingerprint density at radius 2 is 1.88 bits per heavy atom. The zero-order valence-electron chi connectivity index (χ0n) is 10.2. The van der Waals surface area contributed by atoms with Gasteiger partial charge in [-0.05, 0) is 12.5 Å². The summed E-state index contributed by atoms with van der Waals surface area (Å²) in [4.78, 5) is 11.0. The van der Waals surface area contributed by atoms with E-state index >= 15 is 0 Å². The number of carboxylic acid groups (broad SMARTS) is 1. The summed E-state index contributed by atoms with van der Waals surface area (Å²) in [5.74, 6) is -1.13. The second kappa shape index (κ2) is 7.78. The first kappa shape index (κ1) is 15.6. The maximum absolute atomic E-state index is 11.0. The van der Waals surface area contributed by atoms with Gasteiger partial charge in [-0.3, -0.25) is 0 Å². The van der Waals surface area contributed by atoms with Crippen LogP contribution in [0.1, 0.15) is 6.92 Å². The molecule has 1 unspecified atom stereocenters. The van der Waals surface area contributed by atoms with Crippen molar-refractivity contribution < 1.29 is 24.5 Å². The van der Waals surface area contributed by atoms with Crippen LogP contribution in [-0.4, -0.2) is 42.8 Å². The van der Waals surface area contributed by atoms with E-state index in [4.69, 9.17) is 14.6 Å². The second-order valence-electron chi connectivity index (χ2n) is 3.15. The number of carbonyl (C=O) groups is 1. The molecule has 0 aromatic rings. The van der Waals surface area contributed by atoms with Gasteiger partial charge in [-0.2, -0.15) is 0 Å². The SMILES string of the molecule is C=C/C=C(\C(=C/C)C(=O)O)C(O)C(OC)OC. The van der Waals surface area contributed by atoms with Crippen molar-refractivity contribution in [1.82, 2.24) is 0 Å². The number of rotatable bonds is 7. The van der Waals surface area contributed by atoms with Gasteiger partial charge in [0.25, 0.3) is 0 Å². The van der Waals surface area contributed by atoms with Gasteiger partial charge in [0.1, 0.15) is 6.10 Å². The van der Waals surface area contributed by atoms with Crippen molar-refractivity contribution in [2.45, 2.75) is 19.3 Å². The van der Waals surface area contributed by atoms with E-state index in [-0.39, 0.29) is 11.1 Å². The molecule has 0 aromatic carbocycles. The predicted molar refractivity (Wildman–Crippen MR) is 63.5 cm³/mol. The summed E-state index contributed by atoms with van der Waals surface area (Å²) >= 11 is 0. The van der Waals surface area contributed by atoms with Crippen LogP contribution < -0.4 is 0 Å². The smallest absolute Gasteiger partial charge is 0.335 e. The van der Waals surface area contributed by atoms with E-state index in [1.165, 1.54) is 32.4 Å². The number of carboxylic acids is 1. The lowest BCUT2D eigenvalue weighted by Gasteiger charge is -2.22. The highest BCUT2D eigenvalue weighted by Crippen LogP contribution is 2.19. The van der Waals surface area contributed by atoms with E-state index in [0.717, 1.165) is 0 Å². The average Bonchev–Trinajstić information content (AvgIpc) is 2.29. The summed E-state index contributed by atoms with van der Waals surface area (Å²) in [5, 5.41) is 19.0. The largest absolute Gasteiger partial charge is 0.478 e. The minimum Gasteiger partial charge on any atom is -0.478 e. The minimum atomic E-state index is -1.20. The molecule has 0 aliphatic heterocycles. The number of ether oxygens (including phenoxy) is 2. The Bertz CT molecular complexity index is 326. The van der Waals surface area contributed by atoms with Crippen LogP contribution in [-0.2, 0) is 14.3 Å². The van der Waals surface area contributed by atoms with Gasteiger partial charge in [0, 0.05) is 14.2 Å². The summed E-state index contributed by atoms with van der Waals surface area (Å²) in [6.45, 7) is 5.05. The first-order valence-corrected chi connectivity index (χ1v) is 4.99. The maximum Gasteiger partial charge on any atom is 0.335 e. The minimum absolute atomic E-state index is 0.0171. The third-order valence-electron chi connectivity index (χ3n) is 2.17. The van der Waals surface area contributed by atoms with Crippen molar-refractivity contribution in [3.8, 4) is 0 Å². The highest BCUT2D eigenvalue weighted by molar-refractivity contribution is 5.92. The molecule has 5 nitrogen and oxygen atoms in total. The van der Waals surface area contributed by atoms with Gasteiger partial charge in [0.05, 0.1) is 5.57 Å². The molecule has 0 amide bonds. The number of hydrogen-bond donors (Lipinski definition) is 2. The molecular weight excluding hydrogens is 224 g/mol. The van der Waals surface area contributed by atoms with Gasteiger partial charge in [-0.15, -0.1) is 0 Å². The zero-order chi connectivity index (χ0) is 13.4. The maximum atomic E-state index is 11.0. The Morgan fingerprint density at radius 3 is 2.18 bits per heavy atom. The molecule has 96 valence electrons. The zero-order valence-corrected chi connectivity index (χ0v) is 10.2. The Hall–Kier alpha value is -1.43. The lowest BCUT2D eigenvalue weighted by molar-refractivity contribution is -0.153. The predicted octanol–water partition coefficient (Wildman–Crippen LogP) is 1.11. The molecule has 0 fully saturated rings. The fourth-order valence-electron chi connectivity index (χ4n) is 1.39. The van der Waals surface area contributed by atoms with Crippen molar-refractivity contribution in [2.24, 2.45) is 0 Å². The van der Waals surface area contributed by atoms with Crippen LogP contribution in [0.2, 0.25) is 0 Å². The van der Waals surface area contributed by atoms with Crippen molar-refractivity contribution in [1.29, 1.82) is 0 Å². The van der Waals surface area contributed by atoms with Crippen LogP contribution >= 0.6 is 0 Å². The number of hydrogen-bond acceptors (Lipinski definition) is 4. The van der Waals surface area contributed by atoms with E-state index in [1.54, 1.807) is 6.92 Å². The first-order valence-electron chi connectivity index (χ1n) is 4.99. The molecular formula is C12H18O5. The van der Waals surface area contributed by atoms with Crippen LogP contribution in [0.4, 0.5) is 0 Å². The normalized spacial score (nSPS) is 14.9. The molecule has 17 heavy (non-hydrogen) atoms. The Morgan fingerprint density at radius 1 is 1.35 bits per heavy atom. The average molecular weight is 242 g/mol. The molecule has 0 aliphatic carbocycles. The summed E-state index contributed by atoms with van der Waals surface area (Å²) in [6.07, 6.45) is 2.07. The molecule has 0 bridgehead atoms. The van der Waals surface area contributed by atoms with Gasteiger partial charge in [0.15, 0.2) is 6.29 Å². The molecule has 0 saturated heterocycles. The topological polar surface area (TPSA) is 76.0 Å². The van der Waals surface area contributed by atoms with E-state index in [9.17, 15) is 9.90 Å². The molecule has 0 aromatic heterocycles. The van der Waals surface area contributed by atoms with E-state index in [1.807, 2.05) is 0 Å². The van der Waals surface area contributed by atoms with E-state index in [2.05, 4.69) is 6.58 Å². The molecule has 0 spiro atoms. The molecule has 0 rings (SSSR count). The van der Waals surface area contributed by atoms with Crippen molar-refractivity contribution in [2.75, 3.05) is 14.2 Å². The van der Waals surface area contributed by atoms with Crippen LogP contribution in [0.3, 0.4) is 0 Å².